The Bertz CT molecular complexity index is 979. The fourth-order valence-corrected chi connectivity index (χ4v) is 2.96. The Balaban J connectivity index is 1.49. The number of azo groups is 1. The van der Waals surface area contributed by atoms with Crippen LogP contribution in [0.4, 0.5) is 17.1 Å². The second kappa shape index (κ2) is 10.3. The van der Waals surface area contributed by atoms with Gasteiger partial charge in [-0.25, -0.2) is 0 Å². The molecule has 1 aliphatic rings. The van der Waals surface area contributed by atoms with Crippen LogP contribution in [0.2, 0.25) is 0 Å². The summed E-state index contributed by atoms with van der Waals surface area (Å²) in [5.41, 5.74) is 3.66. The Morgan fingerprint density at radius 1 is 0.935 bits per heavy atom. The molecule has 0 bridgehead atoms. The van der Waals surface area contributed by atoms with Crippen molar-refractivity contribution in [1.29, 1.82) is 0 Å². The second-order valence-corrected chi connectivity index (χ2v) is 6.95. The fraction of sp³-hybridized carbons (Fsp3) is 0.261. The molecule has 0 spiro atoms. The summed E-state index contributed by atoms with van der Waals surface area (Å²) >= 11 is 0. The third kappa shape index (κ3) is 6.08. The molecule has 2 amide bonds. The molecular weight excluding hydrogens is 396 g/mol. The highest BCUT2D eigenvalue weighted by Gasteiger charge is 2.26. The van der Waals surface area contributed by atoms with Crippen LogP contribution < -0.4 is 4.90 Å². The van der Waals surface area contributed by atoms with Gasteiger partial charge in [0.1, 0.15) is 13.2 Å². The number of benzene rings is 2. The molecule has 8 heteroatoms. The van der Waals surface area contributed by atoms with Gasteiger partial charge in [0.15, 0.2) is 0 Å². The number of nitrogens with zero attached hydrogens (tertiary/aromatic N) is 4. The average Bonchev–Trinajstić information content (AvgIpc) is 3.09. The number of carbonyl (C=O) groups is 3. The maximum Gasteiger partial charge on any atom is 0.326 e. The maximum absolute atomic E-state index is 11.9. The van der Waals surface area contributed by atoms with Gasteiger partial charge in [0, 0.05) is 24.4 Å². The van der Waals surface area contributed by atoms with Crippen molar-refractivity contribution in [1.82, 2.24) is 4.90 Å². The first-order chi connectivity index (χ1) is 15.0. The van der Waals surface area contributed by atoms with Crippen LogP contribution >= 0.6 is 0 Å². The van der Waals surface area contributed by atoms with E-state index in [4.69, 9.17) is 4.74 Å². The lowest BCUT2D eigenvalue weighted by Gasteiger charge is -2.23. The summed E-state index contributed by atoms with van der Waals surface area (Å²) < 4.78 is 5.19. The van der Waals surface area contributed by atoms with Crippen LogP contribution in [0.15, 0.2) is 70.9 Å². The van der Waals surface area contributed by atoms with Gasteiger partial charge in [0.25, 0.3) is 11.8 Å². The summed E-state index contributed by atoms with van der Waals surface area (Å²) in [6.07, 6.45) is 2.27. The number of imide groups is 1. The Labute approximate surface area is 180 Å². The highest BCUT2D eigenvalue weighted by atomic mass is 16.5. The molecular formula is C23H24N4O4. The molecule has 0 aromatic heterocycles. The molecule has 0 radical (unpaired) electrons. The Kier molecular flexibility index (Phi) is 7.26. The highest BCUT2D eigenvalue weighted by Crippen LogP contribution is 2.22. The molecule has 0 unspecified atom stereocenters. The van der Waals surface area contributed by atoms with Crippen LogP contribution in [-0.4, -0.2) is 48.9 Å². The van der Waals surface area contributed by atoms with Crippen molar-refractivity contribution < 1.29 is 19.1 Å². The molecule has 1 heterocycles. The number of rotatable bonds is 9. The Hall–Kier alpha value is -3.81. The van der Waals surface area contributed by atoms with Crippen LogP contribution in [0, 0.1) is 6.92 Å². The summed E-state index contributed by atoms with van der Waals surface area (Å²) in [4.78, 5) is 37.8. The molecule has 1 aliphatic heterocycles. The van der Waals surface area contributed by atoms with Crippen LogP contribution in [0.5, 0.6) is 0 Å². The summed E-state index contributed by atoms with van der Waals surface area (Å²) in [5.74, 6) is -1.62. The number of amides is 2. The van der Waals surface area contributed by atoms with E-state index in [9.17, 15) is 14.4 Å². The van der Waals surface area contributed by atoms with Crippen LogP contribution in [0.25, 0.3) is 0 Å². The molecule has 0 atom stereocenters. The average molecular weight is 420 g/mol. The monoisotopic (exact) mass is 420 g/mol. The Morgan fingerprint density at radius 2 is 1.48 bits per heavy atom. The fourth-order valence-electron chi connectivity index (χ4n) is 2.96. The predicted octanol–water partition coefficient (Wildman–Crippen LogP) is 3.70. The predicted molar refractivity (Wildman–Crippen MR) is 117 cm³/mol. The third-order valence-electron chi connectivity index (χ3n) is 4.72. The molecule has 0 saturated carbocycles. The van der Waals surface area contributed by atoms with E-state index in [1.807, 2.05) is 67.3 Å². The van der Waals surface area contributed by atoms with Gasteiger partial charge in [-0.1, -0.05) is 17.7 Å². The number of hydrogen-bond acceptors (Lipinski definition) is 7. The first-order valence-electron chi connectivity index (χ1n) is 9.99. The first kappa shape index (κ1) is 21.9. The largest absolute Gasteiger partial charge is 0.462 e. The van der Waals surface area contributed by atoms with E-state index >= 15 is 0 Å². The molecule has 2 aromatic rings. The van der Waals surface area contributed by atoms with Crippen LogP contribution in [0.1, 0.15) is 12.5 Å². The van der Waals surface area contributed by atoms with E-state index < -0.39 is 17.8 Å². The summed E-state index contributed by atoms with van der Waals surface area (Å²) in [5, 5.41) is 8.48. The highest BCUT2D eigenvalue weighted by molar-refractivity contribution is 6.14. The minimum absolute atomic E-state index is 0.144. The Morgan fingerprint density at radius 3 is 2.03 bits per heavy atom. The smallest absolute Gasteiger partial charge is 0.326 e. The van der Waals surface area contributed by atoms with Gasteiger partial charge < -0.3 is 9.64 Å². The number of ether oxygens (including phenoxy) is 1. The molecule has 0 fully saturated rings. The van der Waals surface area contributed by atoms with Gasteiger partial charge in [0.05, 0.1) is 17.9 Å². The van der Waals surface area contributed by atoms with E-state index in [1.54, 1.807) is 0 Å². The summed E-state index contributed by atoms with van der Waals surface area (Å²) in [6, 6.07) is 15.4. The zero-order valence-electron chi connectivity index (χ0n) is 17.5. The van der Waals surface area contributed by atoms with Gasteiger partial charge in [-0.15, -0.1) is 0 Å². The zero-order valence-corrected chi connectivity index (χ0v) is 17.5. The number of esters is 1. The zero-order chi connectivity index (χ0) is 22.2. The number of anilines is 1. The summed E-state index contributed by atoms with van der Waals surface area (Å²) in [7, 11) is 0. The molecule has 8 nitrogen and oxygen atoms in total. The van der Waals surface area contributed by atoms with Gasteiger partial charge >= 0.3 is 5.97 Å². The lowest BCUT2D eigenvalue weighted by Crippen LogP contribution is -2.36. The molecule has 0 N–H and O–H groups in total. The second-order valence-electron chi connectivity index (χ2n) is 6.95. The first-order valence-corrected chi connectivity index (χ1v) is 9.99. The standard InChI is InChI=1S/C23H24N4O4/c1-3-26(14-15-31-23(30)16-27-21(28)12-13-22(27)29)20-10-8-19(9-11-20)25-24-18-6-4-17(2)5-7-18/h4-13H,3,14-16H2,1-2H3. The van der Waals surface area contributed by atoms with Crippen molar-refractivity contribution in [2.45, 2.75) is 13.8 Å². The summed E-state index contributed by atoms with van der Waals surface area (Å²) in [6.45, 7) is 4.98. The number of hydrogen-bond donors (Lipinski definition) is 0. The maximum atomic E-state index is 11.9. The van der Waals surface area contributed by atoms with Crippen molar-refractivity contribution in [2.24, 2.45) is 10.2 Å². The van der Waals surface area contributed by atoms with Crippen LogP contribution in [0.3, 0.4) is 0 Å². The van der Waals surface area contributed by atoms with Gasteiger partial charge in [-0.2, -0.15) is 10.2 Å². The van der Waals surface area contributed by atoms with Crippen LogP contribution in [-0.2, 0) is 19.1 Å². The van der Waals surface area contributed by atoms with E-state index in [1.165, 1.54) is 5.56 Å². The van der Waals surface area contributed by atoms with Crippen molar-refractivity contribution in [2.75, 3.05) is 31.1 Å². The molecule has 3 rings (SSSR count). The van der Waals surface area contributed by atoms with Gasteiger partial charge in [-0.3, -0.25) is 19.3 Å². The SMILES string of the molecule is CCN(CCOC(=O)CN1C(=O)C=CC1=O)c1ccc(N=Nc2ccc(C)cc2)cc1. The molecule has 0 aliphatic carbocycles. The number of aryl methyl sites for hydroxylation is 1. The molecule has 160 valence electrons. The quantitative estimate of drug-likeness (QED) is 0.350. The lowest BCUT2D eigenvalue weighted by atomic mass is 10.2. The third-order valence-corrected chi connectivity index (χ3v) is 4.72. The lowest BCUT2D eigenvalue weighted by molar-refractivity contribution is -0.151. The molecule has 2 aromatic carbocycles. The van der Waals surface area contributed by atoms with Crippen molar-refractivity contribution in [3.05, 3.63) is 66.2 Å². The van der Waals surface area contributed by atoms with E-state index in [0.29, 0.717) is 6.54 Å². The van der Waals surface area contributed by atoms with Crippen molar-refractivity contribution in [3.63, 3.8) is 0 Å². The van der Waals surface area contributed by atoms with E-state index in [-0.39, 0.29) is 13.2 Å². The van der Waals surface area contributed by atoms with Gasteiger partial charge in [-0.05, 0) is 50.2 Å². The number of likely N-dealkylation sites (N-methyl/N-ethyl adjacent to an activating group) is 1. The van der Waals surface area contributed by atoms with E-state index in [0.717, 1.165) is 40.7 Å². The molecule has 31 heavy (non-hydrogen) atoms. The van der Waals surface area contributed by atoms with Gasteiger partial charge in [0.2, 0.25) is 0 Å². The topological polar surface area (TPSA) is 91.6 Å². The minimum Gasteiger partial charge on any atom is -0.462 e. The molecule has 0 saturated heterocycles. The number of carbonyl (C=O) groups excluding carboxylic acids is 3. The minimum atomic E-state index is -0.617. The van der Waals surface area contributed by atoms with Crippen molar-refractivity contribution in [3.8, 4) is 0 Å². The van der Waals surface area contributed by atoms with E-state index in [2.05, 4.69) is 10.2 Å². The van der Waals surface area contributed by atoms with Crippen molar-refractivity contribution >= 4 is 34.8 Å². The normalized spacial score (nSPS) is 13.3.